The van der Waals surface area contributed by atoms with Crippen molar-refractivity contribution in [3.05, 3.63) is 77.0 Å². The second-order valence-electron chi connectivity index (χ2n) is 6.56. The quantitative estimate of drug-likeness (QED) is 0.332. The van der Waals surface area contributed by atoms with Crippen LogP contribution in [0, 0.1) is 0 Å². The van der Waals surface area contributed by atoms with Gasteiger partial charge < -0.3 is 15.2 Å². The van der Waals surface area contributed by atoms with Crippen LogP contribution in [-0.2, 0) is 4.79 Å². The van der Waals surface area contributed by atoms with Crippen LogP contribution in [0.1, 0.15) is 0 Å². The van der Waals surface area contributed by atoms with Crippen LogP contribution >= 0.6 is 23.2 Å². The van der Waals surface area contributed by atoms with Crippen molar-refractivity contribution in [1.29, 1.82) is 0 Å². The van der Waals surface area contributed by atoms with Gasteiger partial charge in [0.2, 0.25) is 5.88 Å². The zero-order valence-corrected chi connectivity index (χ0v) is 18.0. The average Bonchev–Trinajstić information content (AvgIpc) is 2.79. The fourth-order valence-electron chi connectivity index (χ4n) is 2.85. The smallest absolute Gasteiger partial charge is 0.276 e. The fourth-order valence-corrected chi connectivity index (χ4v) is 3.31. The van der Waals surface area contributed by atoms with Crippen LogP contribution in [0.2, 0.25) is 10.0 Å². The van der Waals surface area contributed by atoms with Crippen molar-refractivity contribution < 1.29 is 14.3 Å². The average molecular weight is 470 g/mol. The number of hydrogen-bond donors (Lipinski definition) is 3. The first-order chi connectivity index (χ1) is 15.5. The van der Waals surface area contributed by atoms with Crippen molar-refractivity contribution >= 4 is 51.4 Å². The number of carbonyl (C=O) groups excluding carboxylic acids is 1. The van der Waals surface area contributed by atoms with Gasteiger partial charge in [-0.25, -0.2) is 4.98 Å². The minimum absolute atomic E-state index is 0.127. The Kier molecular flexibility index (Phi) is 6.44. The van der Waals surface area contributed by atoms with E-state index >= 15 is 0 Å². The number of anilines is 2. The summed E-state index contributed by atoms with van der Waals surface area (Å²) in [6.07, 6.45) is 1.27. The third kappa shape index (κ3) is 4.93. The molecule has 3 aromatic carbocycles. The summed E-state index contributed by atoms with van der Waals surface area (Å²) in [5.74, 6) is 0.770. The summed E-state index contributed by atoms with van der Waals surface area (Å²) in [6.45, 7) is -0.293. The van der Waals surface area contributed by atoms with Crippen molar-refractivity contribution in [3.63, 3.8) is 0 Å². The molecule has 1 aromatic heterocycles. The lowest BCUT2D eigenvalue weighted by molar-refractivity contribution is -0.122. The molecule has 8 nitrogen and oxygen atoms in total. The molecule has 0 spiro atoms. The SMILES string of the molecule is Nc1c(NNC(=O)COc2ccc(Cl)cc2Cl)ncnc1Oc1cccc2ccccc12. The number of carbonyl (C=O) groups is 1. The highest BCUT2D eigenvalue weighted by atomic mass is 35.5. The molecule has 162 valence electrons. The molecule has 0 aliphatic carbocycles. The van der Waals surface area contributed by atoms with Gasteiger partial charge in [0.1, 0.15) is 23.5 Å². The van der Waals surface area contributed by atoms with Crippen molar-refractivity contribution in [3.8, 4) is 17.4 Å². The molecular formula is C22H17Cl2N5O3. The van der Waals surface area contributed by atoms with E-state index in [4.69, 9.17) is 38.4 Å². The minimum atomic E-state index is -0.481. The van der Waals surface area contributed by atoms with Crippen LogP contribution in [0.15, 0.2) is 67.0 Å². The predicted octanol–water partition coefficient (Wildman–Crippen LogP) is 4.83. The predicted molar refractivity (Wildman–Crippen MR) is 124 cm³/mol. The Balaban J connectivity index is 1.40. The van der Waals surface area contributed by atoms with Crippen LogP contribution < -0.4 is 26.1 Å². The number of hydrogen-bond acceptors (Lipinski definition) is 7. The minimum Gasteiger partial charge on any atom is -0.482 e. The fraction of sp³-hybridized carbons (Fsp3) is 0.0455. The summed E-state index contributed by atoms with van der Waals surface area (Å²) in [5.41, 5.74) is 11.4. The van der Waals surface area contributed by atoms with Gasteiger partial charge in [0, 0.05) is 10.4 Å². The number of nitrogen functional groups attached to an aromatic ring is 1. The van der Waals surface area contributed by atoms with Crippen molar-refractivity contribution in [1.82, 2.24) is 15.4 Å². The highest BCUT2D eigenvalue weighted by Gasteiger charge is 2.13. The van der Waals surface area contributed by atoms with Gasteiger partial charge in [-0.05, 0) is 29.7 Å². The molecule has 0 unspecified atom stereocenters. The van der Waals surface area contributed by atoms with Crippen molar-refractivity contribution in [2.75, 3.05) is 17.8 Å². The highest BCUT2D eigenvalue weighted by molar-refractivity contribution is 6.35. The molecule has 4 aromatic rings. The topological polar surface area (TPSA) is 111 Å². The summed E-state index contributed by atoms with van der Waals surface area (Å²) in [6, 6.07) is 18.2. The number of aromatic nitrogens is 2. The maximum absolute atomic E-state index is 12.1. The molecule has 0 saturated carbocycles. The van der Waals surface area contributed by atoms with Crippen LogP contribution in [0.4, 0.5) is 11.5 Å². The van der Waals surface area contributed by atoms with Gasteiger partial charge in [0.15, 0.2) is 12.4 Å². The molecule has 0 aliphatic heterocycles. The number of amides is 1. The largest absolute Gasteiger partial charge is 0.482 e. The molecule has 4 N–H and O–H groups in total. The van der Waals surface area contributed by atoms with Gasteiger partial charge >= 0.3 is 0 Å². The van der Waals surface area contributed by atoms with E-state index in [1.54, 1.807) is 12.1 Å². The molecule has 1 amide bonds. The Hall–Kier alpha value is -3.75. The Labute approximate surface area is 193 Å². The van der Waals surface area contributed by atoms with E-state index in [0.29, 0.717) is 21.5 Å². The third-order valence-electron chi connectivity index (χ3n) is 4.38. The van der Waals surface area contributed by atoms with E-state index in [1.807, 2.05) is 42.5 Å². The third-order valence-corrected chi connectivity index (χ3v) is 4.91. The van der Waals surface area contributed by atoms with E-state index in [1.165, 1.54) is 12.4 Å². The van der Waals surface area contributed by atoms with Gasteiger partial charge in [0.25, 0.3) is 5.91 Å². The molecular weight excluding hydrogens is 453 g/mol. The number of halogens is 2. The number of ether oxygens (including phenoxy) is 2. The lowest BCUT2D eigenvalue weighted by atomic mass is 10.1. The number of hydrazine groups is 1. The van der Waals surface area contributed by atoms with Crippen LogP contribution in [0.25, 0.3) is 10.8 Å². The summed E-state index contributed by atoms with van der Waals surface area (Å²) in [7, 11) is 0. The van der Waals surface area contributed by atoms with E-state index in [0.717, 1.165) is 10.8 Å². The Bertz CT molecular complexity index is 1280. The number of nitrogens with zero attached hydrogens (tertiary/aromatic N) is 2. The molecule has 0 fully saturated rings. The normalized spacial score (nSPS) is 10.6. The molecule has 0 radical (unpaired) electrons. The second kappa shape index (κ2) is 9.59. The van der Waals surface area contributed by atoms with Gasteiger partial charge in [-0.1, -0.05) is 59.6 Å². The molecule has 10 heteroatoms. The first-order valence-electron chi connectivity index (χ1n) is 9.40. The lowest BCUT2D eigenvalue weighted by Crippen LogP contribution is -2.34. The van der Waals surface area contributed by atoms with E-state index in [2.05, 4.69) is 20.8 Å². The number of benzene rings is 3. The number of nitrogens with two attached hydrogens (primary N) is 1. The molecule has 0 aliphatic rings. The maximum Gasteiger partial charge on any atom is 0.276 e. The monoisotopic (exact) mass is 469 g/mol. The summed E-state index contributed by atoms with van der Waals surface area (Å²) >= 11 is 11.9. The first kappa shape index (κ1) is 21.5. The molecule has 0 atom stereocenters. The van der Waals surface area contributed by atoms with Crippen LogP contribution in [0.5, 0.6) is 17.4 Å². The lowest BCUT2D eigenvalue weighted by Gasteiger charge is -2.14. The van der Waals surface area contributed by atoms with E-state index in [-0.39, 0.29) is 24.0 Å². The van der Waals surface area contributed by atoms with E-state index in [9.17, 15) is 4.79 Å². The van der Waals surface area contributed by atoms with Crippen molar-refractivity contribution in [2.45, 2.75) is 0 Å². The van der Waals surface area contributed by atoms with Gasteiger partial charge in [0.05, 0.1) is 5.02 Å². The number of rotatable bonds is 7. The molecule has 0 saturated heterocycles. The number of nitrogens with one attached hydrogen (secondary N) is 2. The van der Waals surface area contributed by atoms with Crippen molar-refractivity contribution in [2.24, 2.45) is 0 Å². The standard InChI is InChI=1S/C22H17Cl2N5O3/c23-14-8-9-18(16(24)10-14)31-11-19(30)28-29-21-20(25)22(27-12-26-21)32-17-7-3-5-13-4-1-2-6-15(13)17/h1-10,12H,11,25H2,(H,28,30)(H,26,27,29). The zero-order chi connectivity index (χ0) is 22.5. The van der Waals surface area contributed by atoms with Gasteiger partial charge in [-0.15, -0.1) is 0 Å². The second-order valence-corrected chi connectivity index (χ2v) is 7.40. The van der Waals surface area contributed by atoms with Gasteiger partial charge in [-0.2, -0.15) is 4.98 Å². The highest BCUT2D eigenvalue weighted by Crippen LogP contribution is 2.33. The molecule has 4 rings (SSSR count). The van der Waals surface area contributed by atoms with Gasteiger partial charge in [-0.3, -0.25) is 15.6 Å². The Morgan fingerprint density at radius 3 is 2.66 bits per heavy atom. The summed E-state index contributed by atoms with van der Waals surface area (Å²) in [5, 5.41) is 2.70. The summed E-state index contributed by atoms with van der Waals surface area (Å²) in [4.78, 5) is 20.3. The number of fused-ring (bicyclic) bond motifs is 1. The molecule has 32 heavy (non-hydrogen) atoms. The molecule has 1 heterocycles. The molecule has 0 bridgehead atoms. The van der Waals surface area contributed by atoms with Crippen LogP contribution in [-0.4, -0.2) is 22.5 Å². The zero-order valence-electron chi connectivity index (χ0n) is 16.5. The van der Waals surface area contributed by atoms with Crippen LogP contribution in [0.3, 0.4) is 0 Å². The Morgan fingerprint density at radius 1 is 1.00 bits per heavy atom. The maximum atomic E-state index is 12.1. The Morgan fingerprint density at radius 2 is 1.81 bits per heavy atom. The summed E-state index contributed by atoms with van der Waals surface area (Å²) < 4.78 is 11.3. The van der Waals surface area contributed by atoms with E-state index < -0.39 is 5.91 Å². The first-order valence-corrected chi connectivity index (χ1v) is 10.2.